The number of rotatable bonds is 5. The molecule has 3 aromatic carbocycles. The minimum Gasteiger partial charge on any atom is -0.508 e. The van der Waals surface area contributed by atoms with Crippen LogP contribution in [0.2, 0.25) is 0 Å². The van der Waals surface area contributed by atoms with Crippen molar-refractivity contribution in [2.24, 2.45) is 0 Å². The zero-order valence-electron chi connectivity index (χ0n) is 15.3. The summed E-state index contributed by atoms with van der Waals surface area (Å²) in [4.78, 5) is -0.302. The summed E-state index contributed by atoms with van der Waals surface area (Å²) in [5.74, 6) is -0.107. The highest BCUT2D eigenvalue weighted by molar-refractivity contribution is 8.10. The third-order valence-electron chi connectivity index (χ3n) is 4.13. The summed E-state index contributed by atoms with van der Waals surface area (Å²) in [6.45, 7) is 3.61. The van der Waals surface area contributed by atoms with E-state index in [1.165, 1.54) is 48.5 Å². The number of sulfonamides is 2. The monoisotopic (exact) mass is 417 g/mol. The number of hydrogen-bond donors (Lipinski definition) is 1. The molecule has 0 aliphatic carbocycles. The number of aromatic hydroxyl groups is 1. The van der Waals surface area contributed by atoms with Crippen LogP contribution in [0, 0.1) is 13.8 Å². The SMILES string of the molecule is Cc1ccc(S(=O)(=O)N(c2ccc(O)cc2)S(=O)(=O)c2ccc(C)cc2)cc1. The molecule has 3 aromatic rings. The van der Waals surface area contributed by atoms with Crippen molar-refractivity contribution in [1.29, 1.82) is 0 Å². The summed E-state index contributed by atoms with van der Waals surface area (Å²) in [6, 6.07) is 16.8. The van der Waals surface area contributed by atoms with Gasteiger partial charge < -0.3 is 5.11 Å². The summed E-state index contributed by atoms with van der Waals surface area (Å²) >= 11 is 0. The van der Waals surface area contributed by atoms with E-state index >= 15 is 0 Å². The number of nitrogens with zero attached hydrogens (tertiary/aromatic N) is 1. The van der Waals surface area contributed by atoms with Crippen molar-refractivity contribution in [2.75, 3.05) is 3.71 Å². The molecule has 28 heavy (non-hydrogen) atoms. The van der Waals surface area contributed by atoms with Crippen molar-refractivity contribution in [3.8, 4) is 5.75 Å². The van der Waals surface area contributed by atoms with Crippen molar-refractivity contribution in [3.05, 3.63) is 83.9 Å². The van der Waals surface area contributed by atoms with Crippen molar-refractivity contribution in [1.82, 2.24) is 0 Å². The zero-order valence-corrected chi connectivity index (χ0v) is 16.9. The lowest BCUT2D eigenvalue weighted by Gasteiger charge is -2.24. The fraction of sp³-hybridized carbons (Fsp3) is 0.100. The molecule has 3 rings (SSSR count). The first kappa shape index (κ1) is 19.9. The summed E-state index contributed by atoms with van der Waals surface area (Å²) in [5.41, 5.74) is 1.59. The van der Waals surface area contributed by atoms with E-state index in [9.17, 15) is 21.9 Å². The minimum absolute atomic E-state index is 0.0982. The van der Waals surface area contributed by atoms with Gasteiger partial charge in [0.2, 0.25) is 0 Å². The third-order valence-corrected chi connectivity index (χ3v) is 8.34. The van der Waals surface area contributed by atoms with Crippen molar-refractivity contribution < 1.29 is 21.9 Å². The van der Waals surface area contributed by atoms with E-state index in [1.807, 2.05) is 0 Å². The van der Waals surface area contributed by atoms with Crippen molar-refractivity contribution >= 4 is 25.7 Å². The molecule has 0 heterocycles. The van der Waals surface area contributed by atoms with Gasteiger partial charge in [-0.3, -0.25) is 0 Å². The summed E-state index contributed by atoms with van der Waals surface area (Å²) in [6.07, 6.45) is 0. The van der Waals surface area contributed by atoms with Gasteiger partial charge >= 0.3 is 0 Å². The van der Waals surface area contributed by atoms with Crippen LogP contribution in [0.5, 0.6) is 5.75 Å². The highest BCUT2D eigenvalue weighted by Crippen LogP contribution is 2.32. The van der Waals surface area contributed by atoms with Gasteiger partial charge in [-0.2, -0.15) is 3.71 Å². The van der Waals surface area contributed by atoms with Gasteiger partial charge in [0.1, 0.15) is 5.75 Å². The van der Waals surface area contributed by atoms with E-state index in [2.05, 4.69) is 0 Å². The van der Waals surface area contributed by atoms with Crippen LogP contribution >= 0.6 is 0 Å². The Balaban J connectivity index is 2.24. The number of hydrogen-bond acceptors (Lipinski definition) is 5. The second-order valence-corrected chi connectivity index (χ2v) is 10.2. The maximum absolute atomic E-state index is 13.3. The second kappa shape index (κ2) is 7.29. The predicted octanol–water partition coefficient (Wildman–Crippen LogP) is 3.59. The fourth-order valence-corrected chi connectivity index (χ4v) is 6.28. The summed E-state index contributed by atoms with van der Waals surface area (Å²) in [5, 5.41) is 9.52. The highest BCUT2D eigenvalue weighted by Gasteiger charge is 2.36. The number of anilines is 1. The quantitative estimate of drug-likeness (QED) is 0.685. The Morgan fingerprint density at radius 2 is 0.964 bits per heavy atom. The van der Waals surface area contributed by atoms with Crippen LogP contribution < -0.4 is 3.71 Å². The maximum Gasteiger partial charge on any atom is 0.277 e. The molecule has 0 spiro atoms. The van der Waals surface area contributed by atoms with Gasteiger partial charge in [0.15, 0.2) is 0 Å². The molecule has 0 saturated heterocycles. The van der Waals surface area contributed by atoms with Crippen molar-refractivity contribution in [3.63, 3.8) is 0 Å². The maximum atomic E-state index is 13.3. The Bertz CT molecular complexity index is 1110. The first-order chi connectivity index (χ1) is 13.1. The van der Waals surface area contributed by atoms with E-state index in [1.54, 1.807) is 38.1 Å². The largest absolute Gasteiger partial charge is 0.508 e. The molecule has 0 amide bonds. The average molecular weight is 418 g/mol. The molecule has 0 fully saturated rings. The number of aryl methyl sites for hydroxylation is 2. The van der Waals surface area contributed by atoms with E-state index < -0.39 is 20.0 Å². The lowest BCUT2D eigenvalue weighted by atomic mass is 10.2. The molecule has 0 unspecified atom stereocenters. The van der Waals surface area contributed by atoms with Gasteiger partial charge in [0, 0.05) is 0 Å². The van der Waals surface area contributed by atoms with E-state index in [0.29, 0.717) is 3.71 Å². The Hall–Kier alpha value is -2.84. The third kappa shape index (κ3) is 3.74. The summed E-state index contributed by atoms with van der Waals surface area (Å²) < 4.78 is 53.6. The van der Waals surface area contributed by atoms with Crippen LogP contribution in [0.4, 0.5) is 5.69 Å². The molecule has 0 saturated carbocycles. The molecule has 146 valence electrons. The molecule has 0 aromatic heterocycles. The lowest BCUT2D eigenvalue weighted by molar-refractivity contribution is 0.475. The first-order valence-corrected chi connectivity index (χ1v) is 11.2. The van der Waals surface area contributed by atoms with Gasteiger partial charge in [0.05, 0.1) is 15.5 Å². The fourth-order valence-electron chi connectivity index (χ4n) is 2.59. The molecule has 0 aliphatic heterocycles. The Kier molecular flexibility index (Phi) is 5.18. The molecule has 8 heteroatoms. The Morgan fingerprint density at radius 3 is 1.32 bits per heavy atom. The molecular weight excluding hydrogens is 398 g/mol. The van der Waals surface area contributed by atoms with Gasteiger partial charge in [-0.1, -0.05) is 35.4 Å². The molecule has 0 radical (unpaired) electrons. The average Bonchev–Trinajstić information content (AvgIpc) is 2.64. The van der Waals surface area contributed by atoms with Crippen LogP contribution in [0.15, 0.2) is 82.6 Å². The first-order valence-electron chi connectivity index (χ1n) is 8.35. The molecular formula is C20H19NO5S2. The second-order valence-electron chi connectivity index (χ2n) is 6.35. The number of benzene rings is 3. The zero-order chi connectivity index (χ0) is 20.5. The van der Waals surface area contributed by atoms with Crippen LogP contribution in [0.3, 0.4) is 0 Å². The van der Waals surface area contributed by atoms with Crippen LogP contribution in [-0.2, 0) is 20.0 Å². The van der Waals surface area contributed by atoms with Crippen LogP contribution in [-0.4, -0.2) is 21.9 Å². The van der Waals surface area contributed by atoms with Gasteiger partial charge in [-0.25, -0.2) is 16.8 Å². The van der Waals surface area contributed by atoms with Gasteiger partial charge in [-0.05, 0) is 62.4 Å². The molecule has 6 nitrogen and oxygen atoms in total. The van der Waals surface area contributed by atoms with Crippen LogP contribution in [0.25, 0.3) is 0 Å². The normalized spacial score (nSPS) is 11.9. The van der Waals surface area contributed by atoms with E-state index in [-0.39, 0.29) is 21.2 Å². The number of phenols is 1. The molecule has 1 N–H and O–H groups in total. The van der Waals surface area contributed by atoms with Gasteiger partial charge in [0.25, 0.3) is 20.0 Å². The van der Waals surface area contributed by atoms with Crippen molar-refractivity contribution in [2.45, 2.75) is 23.6 Å². The van der Waals surface area contributed by atoms with Gasteiger partial charge in [-0.15, -0.1) is 0 Å². The van der Waals surface area contributed by atoms with E-state index in [0.717, 1.165) is 11.1 Å². The predicted molar refractivity (Wildman–Crippen MR) is 107 cm³/mol. The van der Waals surface area contributed by atoms with E-state index in [4.69, 9.17) is 0 Å². The topological polar surface area (TPSA) is 91.8 Å². The Morgan fingerprint density at radius 1 is 0.607 bits per heavy atom. The minimum atomic E-state index is -4.44. The molecule has 0 aliphatic rings. The Labute approximate surface area is 164 Å². The standard InChI is InChI=1S/C20H19NO5S2/c1-15-3-11-19(12-4-15)27(23,24)21(17-7-9-18(22)10-8-17)28(25,26)20-13-5-16(2)6-14-20/h3-14,22H,1-2H3. The summed E-state index contributed by atoms with van der Waals surface area (Å²) in [7, 11) is -8.87. The lowest BCUT2D eigenvalue weighted by Crippen LogP contribution is -2.37. The molecule has 0 atom stereocenters. The number of phenolic OH excluding ortho intramolecular Hbond substituents is 1. The smallest absolute Gasteiger partial charge is 0.277 e. The van der Waals surface area contributed by atoms with Crippen LogP contribution in [0.1, 0.15) is 11.1 Å². The highest BCUT2D eigenvalue weighted by atomic mass is 32.3. The molecule has 0 bridgehead atoms.